The van der Waals surface area contributed by atoms with Crippen LogP contribution in [0.25, 0.3) is 16.7 Å². The van der Waals surface area contributed by atoms with Crippen LogP contribution < -0.4 is 0 Å². The zero-order valence-corrected chi connectivity index (χ0v) is 18.0. The van der Waals surface area contributed by atoms with E-state index in [4.69, 9.17) is 18.7 Å². The van der Waals surface area contributed by atoms with E-state index in [0.717, 1.165) is 0 Å². The Hall–Kier alpha value is -3.59. The van der Waals surface area contributed by atoms with Gasteiger partial charge in [-0.15, -0.1) is 0 Å². The number of carbonyl (C=O) groups excluding carboxylic acids is 2. The van der Waals surface area contributed by atoms with Gasteiger partial charge in [0, 0.05) is 18.1 Å². The largest absolute Gasteiger partial charge is 0.503 e. The molecule has 0 aliphatic heterocycles. The van der Waals surface area contributed by atoms with Crippen molar-refractivity contribution >= 4 is 47.0 Å². The van der Waals surface area contributed by atoms with Crippen LogP contribution in [0.5, 0.6) is 0 Å². The van der Waals surface area contributed by atoms with Crippen molar-refractivity contribution in [3.05, 3.63) is 71.8 Å². The standard InChI is InChI=1S/C22H20N2O6S/c1-13(25)30-24-19(20(31)21-23-17-10-6-7-11-18(17)29-21)15-9-5-4-8-14(15)16(12-27-2)22(26)28-3/h4-12,20,31H,1-3H3/b16-12+,24-19?. The highest BCUT2D eigenvalue weighted by atomic mass is 32.1. The molecule has 0 aliphatic carbocycles. The summed E-state index contributed by atoms with van der Waals surface area (Å²) in [7, 11) is 2.68. The predicted molar refractivity (Wildman–Crippen MR) is 117 cm³/mol. The lowest BCUT2D eigenvalue weighted by molar-refractivity contribution is -0.141. The highest BCUT2D eigenvalue weighted by Gasteiger charge is 2.27. The predicted octanol–water partition coefficient (Wildman–Crippen LogP) is 3.93. The number of oxime groups is 1. The van der Waals surface area contributed by atoms with Gasteiger partial charge in [0.25, 0.3) is 0 Å². The summed E-state index contributed by atoms with van der Waals surface area (Å²) < 4.78 is 15.8. The van der Waals surface area contributed by atoms with Crippen molar-refractivity contribution < 1.29 is 28.3 Å². The van der Waals surface area contributed by atoms with Crippen LogP contribution in [0.15, 0.2) is 64.4 Å². The number of hydrogen-bond acceptors (Lipinski definition) is 9. The normalized spacial score (nSPS) is 13.0. The van der Waals surface area contributed by atoms with Crippen LogP contribution in [0.4, 0.5) is 0 Å². The van der Waals surface area contributed by atoms with Gasteiger partial charge in [0.2, 0.25) is 5.89 Å². The van der Waals surface area contributed by atoms with Gasteiger partial charge in [-0.3, -0.25) is 0 Å². The van der Waals surface area contributed by atoms with E-state index in [0.29, 0.717) is 22.2 Å². The van der Waals surface area contributed by atoms with Gasteiger partial charge in [-0.1, -0.05) is 41.6 Å². The number of ether oxygens (including phenoxy) is 2. The van der Waals surface area contributed by atoms with Crippen molar-refractivity contribution in [3.63, 3.8) is 0 Å². The van der Waals surface area contributed by atoms with E-state index in [1.54, 1.807) is 36.4 Å². The molecule has 3 rings (SSSR count). The Labute approximate surface area is 183 Å². The molecule has 3 aromatic rings. The van der Waals surface area contributed by atoms with Crippen molar-refractivity contribution in [1.82, 2.24) is 4.98 Å². The zero-order chi connectivity index (χ0) is 22.4. The fourth-order valence-electron chi connectivity index (χ4n) is 2.87. The fourth-order valence-corrected chi connectivity index (χ4v) is 3.17. The number of nitrogens with zero attached hydrogens (tertiary/aromatic N) is 2. The van der Waals surface area contributed by atoms with Gasteiger partial charge in [0.15, 0.2) is 5.58 Å². The summed E-state index contributed by atoms with van der Waals surface area (Å²) >= 11 is 4.64. The third-order valence-electron chi connectivity index (χ3n) is 4.21. The molecule has 0 spiro atoms. The fraction of sp³-hybridized carbons (Fsp3) is 0.182. The molecule has 0 saturated heterocycles. The summed E-state index contributed by atoms with van der Waals surface area (Å²) in [6, 6.07) is 14.1. The van der Waals surface area contributed by atoms with Crippen molar-refractivity contribution in [3.8, 4) is 0 Å². The first kappa shape index (κ1) is 22.1. The molecular formula is C22H20N2O6S. The second kappa shape index (κ2) is 9.94. The molecule has 8 nitrogen and oxygen atoms in total. The maximum atomic E-state index is 12.4. The molecule has 1 atom stereocenters. The number of benzene rings is 2. The van der Waals surface area contributed by atoms with Gasteiger partial charge in [0.05, 0.1) is 20.5 Å². The van der Waals surface area contributed by atoms with E-state index in [9.17, 15) is 9.59 Å². The lowest BCUT2D eigenvalue weighted by Gasteiger charge is -2.15. The highest BCUT2D eigenvalue weighted by molar-refractivity contribution is 7.81. The Kier molecular flexibility index (Phi) is 7.09. The van der Waals surface area contributed by atoms with E-state index in [1.807, 2.05) is 12.1 Å². The summed E-state index contributed by atoms with van der Waals surface area (Å²) in [6.07, 6.45) is 1.26. The molecule has 0 amide bonds. The van der Waals surface area contributed by atoms with Crippen molar-refractivity contribution in [2.45, 2.75) is 12.2 Å². The quantitative estimate of drug-likeness (QED) is 0.113. The zero-order valence-electron chi connectivity index (χ0n) is 17.1. The van der Waals surface area contributed by atoms with Gasteiger partial charge in [-0.25, -0.2) is 14.6 Å². The summed E-state index contributed by atoms with van der Waals surface area (Å²) in [5, 5.41) is 3.19. The molecule has 1 heterocycles. The smallest absolute Gasteiger partial charge is 0.341 e. The maximum absolute atomic E-state index is 12.4. The first-order chi connectivity index (χ1) is 15.0. The molecule has 0 bridgehead atoms. The number of thiol groups is 1. The van der Waals surface area contributed by atoms with Crippen LogP contribution in [0.3, 0.4) is 0 Å². The van der Waals surface area contributed by atoms with Crippen LogP contribution in [0, 0.1) is 0 Å². The number of hydrogen-bond donors (Lipinski definition) is 1. The van der Waals surface area contributed by atoms with E-state index in [2.05, 4.69) is 22.8 Å². The van der Waals surface area contributed by atoms with Crippen molar-refractivity contribution in [2.24, 2.45) is 5.16 Å². The number of para-hydroxylation sites is 2. The Morgan fingerprint density at radius 3 is 2.42 bits per heavy atom. The molecule has 1 aromatic heterocycles. The number of rotatable bonds is 7. The summed E-state index contributed by atoms with van der Waals surface area (Å²) in [4.78, 5) is 33.2. The summed E-state index contributed by atoms with van der Waals surface area (Å²) in [6.45, 7) is 1.23. The van der Waals surface area contributed by atoms with Gasteiger partial charge < -0.3 is 18.7 Å². The van der Waals surface area contributed by atoms with Crippen molar-refractivity contribution in [2.75, 3.05) is 14.2 Å². The Balaban J connectivity index is 2.16. The van der Waals surface area contributed by atoms with Crippen LogP contribution >= 0.6 is 12.6 Å². The van der Waals surface area contributed by atoms with Crippen LogP contribution in [0.1, 0.15) is 29.2 Å². The molecule has 0 N–H and O–H groups in total. The molecular weight excluding hydrogens is 420 g/mol. The number of oxazole rings is 1. The first-order valence-electron chi connectivity index (χ1n) is 9.16. The Bertz CT molecular complexity index is 1130. The van der Waals surface area contributed by atoms with Crippen molar-refractivity contribution in [1.29, 1.82) is 0 Å². The molecule has 2 aromatic carbocycles. The van der Waals surface area contributed by atoms with Crippen LogP contribution in [-0.2, 0) is 23.9 Å². The van der Waals surface area contributed by atoms with E-state index in [-0.39, 0.29) is 17.2 Å². The van der Waals surface area contributed by atoms with E-state index < -0.39 is 17.2 Å². The first-order valence-corrected chi connectivity index (χ1v) is 9.68. The van der Waals surface area contributed by atoms with Gasteiger partial charge >= 0.3 is 11.9 Å². The lowest BCUT2D eigenvalue weighted by Crippen LogP contribution is -2.16. The second-order valence-electron chi connectivity index (χ2n) is 6.29. The molecule has 0 aliphatic rings. The number of methoxy groups -OCH3 is 2. The SMILES string of the molecule is CO/C=C(/C(=O)OC)c1ccccc1C(=NOC(C)=O)C(S)c1nc2ccccc2o1. The average molecular weight is 440 g/mol. The average Bonchev–Trinajstić information content (AvgIpc) is 3.21. The van der Waals surface area contributed by atoms with Gasteiger partial charge in [-0.05, 0) is 12.1 Å². The molecule has 31 heavy (non-hydrogen) atoms. The third kappa shape index (κ3) is 4.95. The Morgan fingerprint density at radius 1 is 1.10 bits per heavy atom. The monoisotopic (exact) mass is 440 g/mol. The number of aromatic nitrogens is 1. The minimum Gasteiger partial charge on any atom is -0.503 e. The molecule has 160 valence electrons. The molecule has 0 fully saturated rings. The molecule has 0 radical (unpaired) electrons. The summed E-state index contributed by atoms with van der Waals surface area (Å²) in [5.74, 6) is -0.979. The number of carbonyl (C=O) groups is 2. The highest BCUT2D eigenvalue weighted by Crippen LogP contribution is 2.31. The van der Waals surface area contributed by atoms with Crippen LogP contribution in [-0.4, -0.2) is 36.9 Å². The minimum atomic E-state index is -0.811. The number of esters is 1. The topological polar surface area (TPSA) is 100 Å². The number of fused-ring (bicyclic) bond motifs is 1. The van der Waals surface area contributed by atoms with Gasteiger partial charge in [0.1, 0.15) is 22.1 Å². The molecule has 1 unspecified atom stereocenters. The molecule has 9 heteroatoms. The third-order valence-corrected chi connectivity index (χ3v) is 4.68. The minimum absolute atomic E-state index is 0.147. The Morgan fingerprint density at radius 2 is 1.77 bits per heavy atom. The maximum Gasteiger partial charge on any atom is 0.341 e. The van der Waals surface area contributed by atoms with Gasteiger partial charge in [-0.2, -0.15) is 12.6 Å². The van der Waals surface area contributed by atoms with E-state index in [1.165, 1.54) is 27.4 Å². The van der Waals surface area contributed by atoms with Crippen LogP contribution in [0.2, 0.25) is 0 Å². The van der Waals surface area contributed by atoms with E-state index >= 15 is 0 Å². The second-order valence-corrected chi connectivity index (χ2v) is 6.80. The molecule has 0 saturated carbocycles. The lowest BCUT2D eigenvalue weighted by atomic mass is 9.95. The summed E-state index contributed by atoms with van der Waals surface area (Å²) in [5.41, 5.74) is 2.48.